The number of nitrogens with zero attached hydrogens (tertiary/aromatic N) is 1. The summed E-state index contributed by atoms with van der Waals surface area (Å²) in [6.45, 7) is 6.03. The first-order valence-corrected chi connectivity index (χ1v) is 8.21. The summed E-state index contributed by atoms with van der Waals surface area (Å²) in [7, 11) is 0. The molecule has 3 rings (SSSR count). The number of nitrogens with one attached hydrogen (secondary N) is 1. The van der Waals surface area contributed by atoms with Gasteiger partial charge in [0.1, 0.15) is 5.75 Å². The maximum Gasteiger partial charge on any atom is 0.264 e. The van der Waals surface area contributed by atoms with Gasteiger partial charge in [0.2, 0.25) is 0 Å². The van der Waals surface area contributed by atoms with Gasteiger partial charge in [-0.05, 0) is 49.6 Å². The predicted octanol–water partition coefficient (Wildman–Crippen LogP) is 4.24. The number of benzene rings is 2. The Balaban J connectivity index is 1.68. The van der Waals surface area contributed by atoms with Gasteiger partial charge >= 0.3 is 0 Å². The molecule has 4 nitrogen and oxygen atoms in total. The summed E-state index contributed by atoms with van der Waals surface area (Å²) < 4.78 is 6.62. The molecule has 1 amide bonds. The molecule has 0 atom stereocenters. The second kappa shape index (κ2) is 6.38. The van der Waals surface area contributed by atoms with Crippen molar-refractivity contribution in [2.75, 3.05) is 11.9 Å². The van der Waals surface area contributed by atoms with Crippen molar-refractivity contribution < 1.29 is 9.53 Å². The van der Waals surface area contributed by atoms with Gasteiger partial charge in [0.25, 0.3) is 5.91 Å². The van der Waals surface area contributed by atoms with Crippen LogP contribution in [0.2, 0.25) is 0 Å². The average molecular weight is 326 g/mol. The SMILES string of the molecule is Cc1ccccc1OCC(=O)Nc1nc2c(C)c(C)ccc2s1. The molecule has 0 fully saturated rings. The summed E-state index contributed by atoms with van der Waals surface area (Å²) in [6.07, 6.45) is 0. The Morgan fingerprint density at radius 3 is 2.70 bits per heavy atom. The lowest BCUT2D eigenvalue weighted by atomic mass is 10.1. The molecule has 2 aromatic carbocycles. The van der Waals surface area contributed by atoms with E-state index in [1.165, 1.54) is 16.9 Å². The highest BCUT2D eigenvalue weighted by Gasteiger charge is 2.11. The summed E-state index contributed by atoms with van der Waals surface area (Å²) in [5, 5.41) is 3.42. The number of para-hydroxylation sites is 1. The zero-order valence-electron chi connectivity index (χ0n) is 13.3. The van der Waals surface area contributed by atoms with E-state index in [-0.39, 0.29) is 12.5 Å². The van der Waals surface area contributed by atoms with Crippen molar-refractivity contribution in [1.82, 2.24) is 4.98 Å². The van der Waals surface area contributed by atoms with Crippen LogP contribution in [0, 0.1) is 20.8 Å². The maximum absolute atomic E-state index is 12.1. The molecule has 1 aromatic heterocycles. The molecule has 23 heavy (non-hydrogen) atoms. The van der Waals surface area contributed by atoms with Crippen LogP contribution in [0.25, 0.3) is 10.2 Å². The molecule has 5 heteroatoms. The number of carbonyl (C=O) groups is 1. The van der Waals surface area contributed by atoms with Crippen LogP contribution in [0.1, 0.15) is 16.7 Å². The molecule has 0 saturated carbocycles. The molecular weight excluding hydrogens is 308 g/mol. The first-order chi connectivity index (χ1) is 11.0. The minimum absolute atomic E-state index is 0.0290. The van der Waals surface area contributed by atoms with Crippen molar-refractivity contribution in [3.63, 3.8) is 0 Å². The monoisotopic (exact) mass is 326 g/mol. The maximum atomic E-state index is 12.1. The lowest BCUT2D eigenvalue weighted by molar-refractivity contribution is -0.118. The van der Waals surface area contributed by atoms with Crippen molar-refractivity contribution in [3.05, 3.63) is 53.1 Å². The predicted molar refractivity (Wildman–Crippen MR) is 94.4 cm³/mol. The fourth-order valence-electron chi connectivity index (χ4n) is 2.30. The van der Waals surface area contributed by atoms with Crippen molar-refractivity contribution >= 4 is 32.6 Å². The lowest BCUT2D eigenvalue weighted by Crippen LogP contribution is -2.20. The van der Waals surface area contributed by atoms with Crippen LogP contribution in [-0.4, -0.2) is 17.5 Å². The van der Waals surface area contributed by atoms with Crippen LogP contribution >= 0.6 is 11.3 Å². The molecule has 0 spiro atoms. The Hall–Kier alpha value is -2.40. The van der Waals surface area contributed by atoms with Crippen LogP contribution in [-0.2, 0) is 4.79 Å². The fourth-order valence-corrected chi connectivity index (χ4v) is 3.24. The highest BCUT2D eigenvalue weighted by Crippen LogP contribution is 2.29. The number of aromatic nitrogens is 1. The van der Waals surface area contributed by atoms with Gasteiger partial charge in [0, 0.05) is 0 Å². The average Bonchev–Trinajstić information content (AvgIpc) is 2.93. The van der Waals surface area contributed by atoms with Crippen molar-refractivity contribution in [3.8, 4) is 5.75 Å². The summed E-state index contributed by atoms with van der Waals surface area (Å²) in [6, 6.07) is 11.7. The number of thiazole rings is 1. The number of hydrogen-bond donors (Lipinski definition) is 1. The highest BCUT2D eigenvalue weighted by molar-refractivity contribution is 7.22. The van der Waals surface area contributed by atoms with E-state index < -0.39 is 0 Å². The van der Waals surface area contributed by atoms with Gasteiger partial charge in [0.15, 0.2) is 11.7 Å². The topological polar surface area (TPSA) is 51.2 Å². The molecule has 3 aromatic rings. The van der Waals surface area contributed by atoms with Crippen LogP contribution in [0.5, 0.6) is 5.75 Å². The molecule has 0 bridgehead atoms. The zero-order chi connectivity index (χ0) is 16.4. The van der Waals surface area contributed by atoms with E-state index in [0.29, 0.717) is 5.13 Å². The number of fused-ring (bicyclic) bond motifs is 1. The Kier molecular flexibility index (Phi) is 4.30. The van der Waals surface area contributed by atoms with Crippen molar-refractivity contribution in [1.29, 1.82) is 0 Å². The minimum atomic E-state index is -0.207. The largest absolute Gasteiger partial charge is 0.483 e. The molecule has 0 aliphatic heterocycles. The molecule has 0 aliphatic rings. The van der Waals surface area contributed by atoms with Gasteiger partial charge in [-0.25, -0.2) is 4.98 Å². The number of amides is 1. The first-order valence-electron chi connectivity index (χ1n) is 7.39. The smallest absolute Gasteiger partial charge is 0.264 e. The molecule has 0 radical (unpaired) electrons. The van der Waals surface area contributed by atoms with E-state index >= 15 is 0 Å². The van der Waals surface area contributed by atoms with Gasteiger partial charge in [0.05, 0.1) is 10.2 Å². The van der Waals surface area contributed by atoms with Crippen LogP contribution in [0.15, 0.2) is 36.4 Å². The van der Waals surface area contributed by atoms with E-state index in [0.717, 1.165) is 27.1 Å². The minimum Gasteiger partial charge on any atom is -0.483 e. The van der Waals surface area contributed by atoms with E-state index in [1.807, 2.05) is 44.2 Å². The second-order valence-electron chi connectivity index (χ2n) is 5.48. The Labute approximate surface area is 139 Å². The number of ether oxygens (including phenoxy) is 1. The molecule has 0 unspecified atom stereocenters. The van der Waals surface area contributed by atoms with Crippen LogP contribution in [0.3, 0.4) is 0 Å². The third-order valence-electron chi connectivity index (χ3n) is 3.78. The third-order valence-corrected chi connectivity index (χ3v) is 4.72. The number of anilines is 1. The Morgan fingerprint density at radius 2 is 1.91 bits per heavy atom. The number of aryl methyl sites for hydroxylation is 3. The molecule has 118 valence electrons. The van der Waals surface area contributed by atoms with E-state index in [1.54, 1.807) is 0 Å². The van der Waals surface area contributed by atoms with E-state index in [4.69, 9.17) is 4.74 Å². The van der Waals surface area contributed by atoms with Crippen molar-refractivity contribution in [2.24, 2.45) is 0 Å². The van der Waals surface area contributed by atoms with Gasteiger partial charge in [-0.15, -0.1) is 0 Å². The summed E-state index contributed by atoms with van der Waals surface area (Å²) in [4.78, 5) is 16.6. The van der Waals surface area contributed by atoms with Gasteiger partial charge in [-0.1, -0.05) is 35.6 Å². The van der Waals surface area contributed by atoms with Crippen LogP contribution < -0.4 is 10.1 Å². The summed E-state index contributed by atoms with van der Waals surface area (Å²) in [5.41, 5.74) is 4.30. The van der Waals surface area contributed by atoms with Gasteiger partial charge in [-0.2, -0.15) is 0 Å². The molecule has 1 N–H and O–H groups in total. The quantitative estimate of drug-likeness (QED) is 0.780. The van der Waals surface area contributed by atoms with Gasteiger partial charge < -0.3 is 4.74 Å². The molecular formula is C18H18N2O2S. The van der Waals surface area contributed by atoms with Crippen molar-refractivity contribution in [2.45, 2.75) is 20.8 Å². The standard InChI is InChI=1S/C18H18N2O2S/c1-11-8-9-15-17(13(11)3)20-18(23-15)19-16(21)10-22-14-7-5-4-6-12(14)2/h4-9H,10H2,1-3H3,(H,19,20,21). The van der Waals surface area contributed by atoms with Gasteiger partial charge in [-0.3, -0.25) is 10.1 Å². The molecule has 0 saturated heterocycles. The summed E-state index contributed by atoms with van der Waals surface area (Å²) in [5.74, 6) is 0.514. The Morgan fingerprint density at radius 1 is 1.13 bits per heavy atom. The zero-order valence-corrected chi connectivity index (χ0v) is 14.2. The Bertz CT molecular complexity index is 871. The second-order valence-corrected chi connectivity index (χ2v) is 6.51. The van der Waals surface area contributed by atoms with E-state index in [2.05, 4.69) is 23.3 Å². The molecule has 0 aliphatic carbocycles. The number of hydrogen-bond acceptors (Lipinski definition) is 4. The lowest BCUT2D eigenvalue weighted by Gasteiger charge is -2.07. The number of carbonyl (C=O) groups excluding carboxylic acids is 1. The highest BCUT2D eigenvalue weighted by atomic mass is 32.1. The van der Waals surface area contributed by atoms with E-state index in [9.17, 15) is 4.79 Å². The van der Waals surface area contributed by atoms with Crippen LogP contribution in [0.4, 0.5) is 5.13 Å². The summed E-state index contributed by atoms with van der Waals surface area (Å²) >= 11 is 1.47. The third kappa shape index (κ3) is 3.35. The number of rotatable bonds is 4. The molecule has 1 heterocycles. The fraction of sp³-hybridized carbons (Fsp3) is 0.222. The normalized spacial score (nSPS) is 10.7. The first kappa shape index (κ1) is 15.5.